The molecule has 9 heteroatoms. The molecule has 0 bridgehead atoms. The molecule has 0 aliphatic heterocycles. The third-order valence-electron chi connectivity index (χ3n) is 3.93. The molecule has 1 amide bonds. The van der Waals surface area contributed by atoms with E-state index in [1.54, 1.807) is 42.3 Å². The van der Waals surface area contributed by atoms with Crippen LogP contribution in [0.2, 0.25) is 0 Å². The van der Waals surface area contributed by atoms with Crippen LogP contribution in [0.3, 0.4) is 0 Å². The number of anilines is 1. The summed E-state index contributed by atoms with van der Waals surface area (Å²) >= 11 is 0. The van der Waals surface area contributed by atoms with E-state index in [-0.39, 0.29) is 5.91 Å². The van der Waals surface area contributed by atoms with Gasteiger partial charge < -0.3 is 20.1 Å². The summed E-state index contributed by atoms with van der Waals surface area (Å²) in [6.07, 6.45) is 3.50. The molecule has 0 fully saturated rings. The average molecular weight is 382 g/mol. The highest BCUT2D eigenvalue weighted by Gasteiger charge is 2.10. The van der Waals surface area contributed by atoms with E-state index in [9.17, 15) is 4.79 Å². The molecule has 3 rings (SSSR count). The lowest BCUT2D eigenvalue weighted by molar-refractivity contribution is 0.0954. The van der Waals surface area contributed by atoms with Gasteiger partial charge in [-0.15, -0.1) is 0 Å². The number of nitrogens with one attached hydrogen (secondary N) is 2. The van der Waals surface area contributed by atoms with Crippen molar-refractivity contribution in [2.45, 2.75) is 6.92 Å². The number of benzene rings is 1. The van der Waals surface area contributed by atoms with Crippen molar-refractivity contribution in [3.05, 3.63) is 54.1 Å². The lowest BCUT2D eigenvalue weighted by Crippen LogP contribution is -2.29. The molecule has 28 heavy (non-hydrogen) atoms. The Bertz CT molecular complexity index is 943. The summed E-state index contributed by atoms with van der Waals surface area (Å²) in [5.74, 6) is 2.86. The van der Waals surface area contributed by atoms with Crippen molar-refractivity contribution in [1.29, 1.82) is 0 Å². The van der Waals surface area contributed by atoms with Crippen LogP contribution < -0.4 is 20.1 Å². The van der Waals surface area contributed by atoms with Gasteiger partial charge in [0, 0.05) is 37.1 Å². The zero-order valence-electron chi connectivity index (χ0n) is 16.0. The summed E-state index contributed by atoms with van der Waals surface area (Å²) in [5.41, 5.74) is 0.497. The summed E-state index contributed by atoms with van der Waals surface area (Å²) in [6.45, 7) is 2.75. The van der Waals surface area contributed by atoms with Gasteiger partial charge in [0.05, 0.1) is 14.2 Å². The fourth-order valence-corrected chi connectivity index (χ4v) is 2.61. The van der Waals surface area contributed by atoms with Crippen LogP contribution in [0, 0.1) is 6.92 Å². The van der Waals surface area contributed by atoms with Crippen LogP contribution in [-0.2, 0) is 0 Å². The van der Waals surface area contributed by atoms with Crippen LogP contribution in [0.5, 0.6) is 11.5 Å². The van der Waals surface area contributed by atoms with Crippen LogP contribution in [-0.4, -0.2) is 53.0 Å². The minimum absolute atomic E-state index is 0.196. The Balaban J connectivity index is 1.55. The van der Waals surface area contributed by atoms with Crippen molar-refractivity contribution in [2.24, 2.45) is 0 Å². The number of nitrogens with zero attached hydrogens (tertiary/aromatic N) is 4. The topological polar surface area (TPSA) is 103 Å². The second-order valence-corrected chi connectivity index (χ2v) is 5.86. The fourth-order valence-electron chi connectivity index (χ4n) is 2.61. The maximum Gasteiger partial charge on any atom is 0.251 e. The summed E-state index contributed by atoms with van der Waals surface area (Å²) in [5, 5.41) is 10.2. The van der Waals surface area contributed by atoms with Gasteiger partial charge >= 0.3 is 0 Å². The van der Waals surface area contributed by atoms with Gasteiger partial charge in [-0.1, -0.05) is 0 Å². The summed E-state index contributed by atoms with van der Waals surface area (Å²) in [6, 6.07) is 8.66. The molecule has 2 N–H and O–H groups in total. The molecular weight excluding hydrogens is 360 g/mol. The Kier molecular flexibility index (Phi) is 6.05. The van der Waals surface area contributed by atoms with Crippen LogP contribution >= 0.6 is 0 Å². The Morgan fingerprint density at radius 1 is 1.11 bits per heavy atom. The minimum Gasteiger partial charge on any atom is -0.493 e. The Hall–Kier alpha value is -3.62. The quantitative estimate of drug-likeness (QED) is 0.573. The Labute approximate surface area is 162 Å². The van der Waals surface area contributed by atoms with Gasteiger partial charge in [-0.3, -0.25) is 4.79 Å². The number of hydrogen-bond donors (Lipinski definition) is 2. The lowest BCUT2D eigenvalue weighted by atomic mass is 10.2. The number of aryl methyl sites for hydroxylation is 1. The van der Waals surface area contributed by atoms with Gasteiger partial charge in [0.15, 0.2) is 17.3 Å². The molecular formula is C19H22N6O3. The van der Waals surface area contributed by atoms with E-state index >= 15 is 0 Å². The van der Waals surface area contributed by atoms with Gasteiger partial charge in [-0.05, 0) is 31.2 Å². The third-order valence-corrected chi connectivity index (χ3v) is 3.93. The molecule has 0 radical (unpaired) electrons. The van der Waals surface area contributed by atoms with Gasteiger partial charge in [-0.2, -0.15) is 5.10 Å². The first-order valence-electron chi connectivity index (χ1n) is 8.70. The molecule has 0 unspecified atom stereocenters. The number of amides is 1. The molecule has 1 aromatic carbocycles. The summed E-state index contributed by atoms with van der Waals surface area (Å²) < 4.78 is 12.1. The molecule has 0 atom stereocenters. The van der Waals surface area contributed by atoms with E-state index in [2.05, 4.69) is 25.7 Å². The van der Waals surface area contributed by atoms with E-state index in [4.69, 9.17) is 9.47 Å². The van der Waals surface area contributed by atoms with Crippen molar-refractivity contribution in [3.63, 3.8) is 0 Å². The van der Waals surface area contributed by atoms with E-state index in [1.807, 2.05) is 19.2 Å². The van der Waals surface area contributed by atoms with Crippen molar-refractivity contribution < 1.29 is 14.3 Å². The Morgan fingerprint density at radius 3 is 2.64 bits per heavy atom. The monoisotopic (exact) mass is 382 g/mol. The Morgan fingerprint density at radius 2 is 1.93 bits per heavy atom. The third kappa shape index (κ3) is 4.56. The zero-order chi connectivity index (χ0) is 19.9. The summed E-state index contributed by atoms with van der Waals surface area (Å²) in [7, 11) is 3.08. The highest BCUT2D eigenvalue weighted by molar-refractivity contribution is 5.94. The largest absolute Gasteiger partial charge is 0.493 e. The van der Waals surface area contributed by atoms with E-state index < -0.39 is 0 Å². The van der Waals surface area contributed by atoms with Crippen LogP contribution in [0.15, 0.2) is 42.7 Å². The standard InChI is InChI=1S/C19H22N6O3/c1-13-23-17(12-18(24-13)25-10-4-7-22-25)20-8-9-21-19(26)14-5-6-15(27-2)16(11-14)28-3/h4-7,10-12H,8-9H2,1-3H3,(H,21,26)(H,20,23,24). The van der Waals surface area contributed by atoms with Crippen LogP contribution in [0.4, 0.5) is 5.82 Å². The zero-order valence-corrected chi connectivity index (χ0v) is 16.0. The number of carbonyl (C=O) groups excluding carboxylic acids is 1. The average Bonchev–Trinajstić information content (AvgIpc) is 3.25. The molecule has 0 spiro atoms. The van der Waals surface area contributed by atoms with E-state index in [0.29, 0.717) is 47.6 Å². The molecule has 0 saturated heterocycles. The number of rotatable bonds is 8. The first kappa shape index (κ1) is 19.2. The number of aromatic nitrogens is 4. The highest BCUT2D eigenvalue weighted by atomic mass is 16.5. The maximum atomic E-state index is 12.3. The van der Waals surface area contributed by atoms with Crippen molar-refractivity contribution in [3.8, 4) is 17.3 Å². The van der Waals surface area contributed by atoms with Gasteiger partial charge in [-0.25, -0.2) is 14.6 Å². The SMILES string of the molecule is COc1ccc(C(=O)NCCNc2cc(-n3cccn3)nc(C)n2)cc1OC. The predicted octanol–water partition coefficient (Wildman–Crippen LogP) is 1.83. The molecule has 9 nitrogen and oxygen atoms in total. The second kappa shape index (κ2) is 8.85. The first-order valence-corrected chi connectivity index (χ1v) is 8.70. The fraction of sp³-hybridized carbons (Fsp3) is 0.263. The molecule has 0 aliphatic carbocycles. The van der Waals surface area contributed by atoms with Gasteiger partial charge in [0.2, 0.25) is 0 Å². The molecule has 0 aliphatic rings. The molecule has 0 saturated carbocycles. The summed E-state index contributed by atoms with van der Waals surface area (Å²) in [4.78, 5) is 21.0. The maximum absolute atomic E-state index is 12.3. The minimum atomic E-state index is -0.196. The molecule has 146 valence electrons. The highest BCUT2D eigenvalue weighted by Crippen LogP contribution is 2.27. The lowest BCUT2D eigenvalue weighted by Gasteiger charge is -2.11. The van der Waals surface area contributed by atoms with Crippen molar-refractivity contribution >= 4 is 11.7 Å². The number of carbonyl (C=O) groups is 1. The number of hydrogen-bond acceptors (Lipinski definition) is 7. The van der Waals surface area contributed by atoms with E-state index in [0.717, 1.165) is 0 Å². The van der Waals surface area contributed by atoms with Gasteiger partial charge in [0.1, 0.15) is 11.6 Å². The van der Waals surface area contributed by atoms with Gasteiger partial charge in [0.25, 0.3) is 5.91 Å². The second-order valence-electron chi connectivity index (χ2n) is 5.86. The van der Waals surface area contributed by atoms with E-state index in [1.165, 1.54) is 7.11 Å². The number of ether oxygens (including phenoxy) is 2. The van der Waals surface area contributed by atoms with Crippen molar-refractivity contribution in [2.75, 3.05) is 32.6 Å². The van der Waals surface area contributed by atoms with Crippen molar-refractivity contribution in [1.82, 2.24) is 25.1 Å². The molecule has 3 aromatic rings. The molecule has 2 heterocycles. The van der Waals surface area contributed by atoms with Crippen LogP contribution in [0.1, 0.15) is 16.2 Å². The normalized spacial score (nSPS) is 10.4. The van der Waals surface area contributed by atoms with Crippen LogP contribution in [0.25, 0.3) is 5.82 Å². The predicted molar refractivity (Wildman–Crippen MR) is 104 cm³/mol. The smallest absolute Gasteiger partial charge is 0.251 e. The first-order chi connectivity index (χ1) is 13.6. The number of methoxy groups -OCH3 is 2. The molecule has 2 aromatic heterocycles.